The van der Waals surface area contributed by atoms with Crippen molar-refractivity contribution in [2.45, 2.75) is 30.6 Å². The number of fused-ring (bicyclic) bond motifs is 2. The number of hydrogen-bond donors (Lipinski definition) is 2. The molecule has 1 aromatic carbocycles. The molecule has 0 spiro atoms. The standard InChI is InChI=1S/C19H19F2N3O2S/c20-12-3-4-14(21)13(9-12)17(25)22-6-5-16-18(26)24-19(27-16)23-15-8-10-1-2-11(15)7-10/h1-4,9-11,15-16H,5-8H2,(H,22,25)(H,23,24,26). The molecular weight excluding hydrogens is 372 g/mol. The highest BCUT2D eigenvalue weighted by atomic mass is 32.2. The fraction of sp³-hybridized carbons (Fsp3) is 0.421. The summed E-state index contributed by atoms with van der Waals surface area (Å²) in [7, 11) is 0. The van der Waals surface area contributed by atoms with Crippen LogP contribution in [0.15, 0.2) is 35.3 Å². The van der Waals surface area contributed by atoms with Crippen LogP contribution in [-0.4, -0.2) is 34.8 Å². The summed E-state index contributed by atoms with van der Waals surface area (Å²) in [6, 6.07) is 3.05. The minimum Gasteiger partial charge on any atom is -0.361 e. The zero-order valence-electron chi connectivity index (χ0n) is 14.5. The summed E-state index contributed by atoms with van der Waals surface area (Å²) in [5, 5.41) is 6.17. The van der Waals surface area contributed by atoms with Gasteiger partial charge in [0.2, 0.25) is 0 Å². The number of nitrogens with one attached hydrogen (secondary N) is 2. The smallest absolute Gasteiger partial charge is 0.261 e. The van der Waals surface area contributed by atoms with Gasteiger partial charge in [-0.1, -0.05) is 23.9 Å². The number of carbonyl (C=O) groups is 2. The number of nitrogens with zero attached hydrogens (tertiary/aromatic N) is 1. The number of thioether (sulfide) groups is 1. The molecule has 0 radical (unpaired) electrons. The van der Waals surface area contributed by atoms with E-state index in [1.807, 2.05) is 0 Å². The number of carbonyl (C=O) groups excluding carboxylic acids is 2. The van der Waals surface area contributed by atoms with Gasteiger partial charge < -0.3 is 10.6 Å². The van der Waals surface area contributed by atoms with Gasteiger partial charge >= 0.3 is 0 Å². The van der Waals surface area contributed by atoms with Crippen LogP contribution < -0.4 is 10.6 Å². The Morgan fingerprint density at radius 1 is 1.26 bits per heavy atom. The number of amides is 2. The Morgan fingerprint density at radius 3 is 2.85 bits per heavy atom. The van der Waals surface area contributed by atoms with Crippen molar-refractivity contribution in [2.24, 2.45) is 16.8 Å². The van der Waals surface area contributed by atoms with E-state index in [0.717, 1.165) is 31.0 Å². The normalized spacial score (nSPS) is 28.5. The van der Waals surface area contributed by atoms with Gasteiger partial charge in [-0.3, -0.25) is 9.59 Å². The van der Waals surface area contributed by atoms with E-state index in [-0.39, 0.29) is 23.3 Å². The number of halogens is 2. The molecule has 0 aromatic heterocycles. The van der Waals surface area contributed by atoms with Crippen LogP contribution in [-0.2, 0) is 4.79 Å². The summed E-state index contributed by atoms with van der Waals surface area (Å²) in [4.78, 5) is 28.1. The van der Waals surface area contributed by atoms with Gasteiger partial charge in [0, 0.05) is 12.6 Å². The van der Waals surface area contributed by atoms with Crippen LogP contribution in [0.25, 0.3) is 0 Å². The van der Waals surface area contributed by atoms with E-state index in [0.29, 0.717) is 29.5 Å². The molecule has 1 aromatic rings. The molecule has 8 heteroatoms. The van der Waals surface area contributed by atoms with Gasteiger partial charge in [0.05, 0.1) is 10.8 Å². The zero-order valence-corrected chi connectivity index (χ0v) is 15.3. The van der Waals surface area contributed by atoms with Crippen LogP contribution in [0.5, 0.6) is 0 Å². The van der Waals surface area contributed by atoms with Gasteiger partial charge in [-0.15, -0.1) is 0 Å². The summed E-state index contributed by atoms with van der Waals surface area (Å²) in [6.07, 6.45) is 7.08. The molecule has 1 saturated carbocycles. The molecule has 1 heterocycles. The summed E-state index contributed by atoms with van der Waals surface area (Å²) in [6.45, 7) is 0.178. The lowest BCUT2D eigenvalue weighted by Gasteiger charge is -2.20. The molecule has 2 N–H and O–H groups in total. The Morgan fingerprint density at radius 2 is 2.11 bits per heavy atom. The predicted molar refractivity (Wildman–Crippen MR) is 99.4 cm³/mol. The Balaban J connectivity index is 1.25. The molecule has 4 unspecified atom stereocenters. The highest BCUT2D eigenvalue weighted by Crippen LogP contribution is 2.39. The number of benzene rings is 1. The third kappa shape index (κ3) is 3.90. The largest absolute Gasteiger partial charge is 0.361 e. The quantitative estimate of drug-likeness (QED) is 0.757. The third-order valence-electron chi connectivity index (χ3n) is 5.19. The van der Waals surface area contributed by atoms with Crippen LogP contribution in [0.1, 0.15) is 29.6 Å². The molecule has 5 nitrogen and oxygen atoms in total. The summed E-state index contributed by atoms with van der Waals surface area (Å²) in [5.41, 5.74) is -0.344. The van der Waals surface area contributed by atoms with E-state index in [4.69, 9.17) is 0 Å². The molecule has 4 atom stereocenters. The van der Waals surface area contributed by atoms with E-state index in [1.54, 1.807) is 0 Å². The van der Waals surface area contributed by atoms with Crippen molar-refractivity contribution in [2.75, 3.05) is 6.54 Å². The Bertz CT molecular complexity index is 842. The molecule has 3 aliphatic rings. The second-order valence-electron chi connectivity index (χ2n) is 7.06. The fourth-order valence-electron chi connectivity index (χ4n) is 3.82. The van der Waals surface area contributed by atoms with Crippen LogP contribution in [0.3, 0.4) is 0 Å². The molecule has 4 rings (SSSR count). The summed E-state index contributed by atoms with van der Waals surface area (Å²) in [5.74, 6) is -1.25. The molecule has 2 aliphatic carbocycles. The first-order valence-electron chi connectivity index (χ1n) is 8.97. The third-order valence-corrected chi connectivity index (χ3v) is 6.35. The molecule has 2 bridgehead atoms. The SMILES string of the molecule is O=C(NCCC1SC(NC2CC3C=CC2C3)=NC1=O)c1cc(F)ccc1F. The first-order chi connectivity index (χ1) is 13.0. The lowest BCUT2D eigenvalue weighted by Crippen LogP contribution is -2.35. The van der Waals surface area contributed by atoms with Gasteiger partial charge in [-0.05, 0) is 49.3 Å². The maximum Gasteiger partial charge on any atom is 0.261 e. The number of aliphatic imine (C=N–C) groups is 1. The van der Waals surface area contributed by atoms with Gasteiger partial charge in [0.1, 0.15) is 11.6 Å². The number of rotatable bonds is 5. The second kappa shape index (κ2) is 7.42. The first kappa shape index (κ1) is 18.2. The predicted octanol–water partition coefficient (Wildman–Crippen LogP) is 2.64. The molecule has 1 fully saturated rings. The van der Waals surface area contributed by atoms with Crippen LogP contribution in [0, 0.1) is 23.5 Å². The Kier molecular flexibility index (Phi) is 4.99. The van der Waals surface area contributed by atoms with Crippen molar-refractivity contribution >= 4 is 28.7 Å². The zero-order chi connectivity index (χ0) is 19.0. The minimum atomic E-state index is -0.782. The Labute approximate surface area is 159 Å². The maximum atomic E-state index is 13.6. The van der Waals surface area contributed by atoms with E-state index in [9.17, 15) is 18.4 Å². The van der Waals surface area contributed by atoms with Crippen molar-refractivity contribution in [3.63, 3.8) is 0 Å². The summed E-state index contributed by atoms with van der Waals surface area (Å²) >= 11 is 1.37. The van der Waals surface area contributed by atoms with Crippen molar-refractivity contribution in [3.8, 4) is 0 Å². The van der Waals surface area contributed by atoms with Crippen LogP contribution in [0.2, 0.25) is 0 Å². The van der Waals surface area contributed by atoms with E-state index >= 15 is 0 Å². The minimum absolute atomic E-state index is 0.178. The number of amidine groups is 1. The van der Waals surface area contributed by atoms with Gasteiger partial charge in [0.15, 0.2) is 5.17 Å². The summed E-state index contributed by atoms with van der Waals surface area (Å²) < 4.78 is 26.8. The molecule has 2 amide bonds. The molecule has 1 aliphatic heterocycles. The average molecular weight is 391 g/mol. The van der Waals surface area contributed by atoms with Crippen molar-refractivity contribution in [3.05, 3.63) is 47.5 Å². The van der Waals surface area contributed by atoms with Crippen LogP contribution >= 0.6 is 11.8 Å². The number of hydrogen-bond acceptors (Lipinski definition) is 4. The van der Waals surface area contributed by atoms with Gasteiger partial charge in [-0.2, -0.15) is 4.99 Å². The lowest BCUT2D eigenvalue weighted by molar-refractivity contribution is -0.117. The molecule has 142 valence electrons. The van der Waals surface area contributed by atoms with Crippen molar-refractivity contribution < 1.29 is 18.4 Å². The van der Waals surface area contributed by atoms with Crippen molar-refractivity contribution in [1.82, 2.24) is 10.6 Å². The van der Waals surface area contributed by atoms with Gasteiger partial charge in [-0.25, -0.2) is 8.78 Å². The first-order valence-corrected chi connectivity index (χ1v) is 9.85. The lowest BCUT2D eigenvalue weighted by atomic mass is 10.0. The molecular formula is C19H19F2N3O2S. The average Bonchev–Trinajstić information content (AvgIpc) is 3.33. The van der Waals surface area contributed by atoms with E-state index in [2.05, 4.69) is 27.8 Å². The highest BCUT2D eigenvalue weighted by Gasteiger charge is 2.38. The van der Waals surface area contributed by atoms with Gasteiger partial charge in [0.25, 0.3) is 11.8 Å². The second-order valence-corrected chi connectivity index (χ2v) is 8.25. The monoisotopic (exact) mass is 391 g/mol. The fourth-order valence-corrected chi connectivity index (χ4v) is 4.84. The maximum absolute atomic E-state index is 13.6. The van der Waals surface area contributed by atoms with Crippen molar-refractivity contribution in [1.29, 1.82) is 0 Å². The molecule has 27 heavy (non-hydrogen) atoms. The Hall–Kier alpha value is -2.22. The topological polar surface area (TPSA) is 70.6 Å². The van der Waals surface area contributed by atoms with E-state index in [1.165, 1.54) is 11.8 Å². The highest BCUT2D eigenvalue weighted by molar-refractivity contribution is 8.15. The van der Waals surface area contributed by atoms with E-state index < -0.39 is 17.5 Å². The molecule has 0 saturated heterocycles. The van der Waals surface area contributed by atoms with Crippen LogP contribution in [0.4, 0.5) is 8.78 Å². The number of allylic oxidation sites excluding steroid dienone is 1.